The zero-order valence-corrected chi connectivity index (χ0v) is 21.8. The van der Waals surface area contributed by atoms with E-state index in [1.165, 1.54) is 0 Å². The van der Waals surface area contributed by atoms with Gasteiger partial charge in [0.25, 0.3) is 5.91 Å². The van der Waals surface area contributed by atoms with Crippen LogP contribution >= 0.6 is 11.6 Å². The number of aromatic nitrogens is 2. The van der Waals surface area contributed by atoms with Crippen molar-refractivity contribution < 1.29 is 19.1 Å². The first-order chi connectivity index (χ1) is 18.5. The van der Waals surface area contributed by atoms with E-state index in [9.17, 15) is 9.59 Å². The molecule has 38 heavy (non-hydrogen) atoms. The van der Waals surface area contributed by atoms with Crippen LogP contribution in [0.2, 0.25) is 5.02 Å². The third-order valence-corrected chi connectivity index (χ3v) is 6.69. The summed E-state index contributed by atoms with van der Waals surface area (Å²) in [6.07, 6.45) is 3.56. The zero-order chi connectivity index (χ0) is 26.6. The first kappa shape index (κ1) is 25.4. The molecule has 1 saturated carbocycles. The Morgan fingerprint density at radius 1 is 0.974 bits per heavy atom. The largest absolute Gasteiger partial charge is 0.497 e. The molecule has 0 radical (unpaired) electrons. The van der Waals surface area contributed by atoms with Crippen LogP contribution in [0.4, 0.5) is 5.95 Å². The molecule has 0 saturated heterocycles. The van der Waals surface area contributed by atoms with Gasteiger partial charge in [-0.3, -0.25) is 19.5 Å². The van der Waals surface area contributed by atoms with Crippen molar-refractivity contribution in [2.24, 2.45) is 0 Å². The van der Waals surface area contributed by atoms with E-state index < -0.39 is 0 Å². The summed E-state index contributed by atoms with van der Waals surface area (Å²) in [7, 11) is 3.22. The molecule has 1 aliphatic carbocycles. The Morgan fingerprint density at radius 3 is 2.21 bits per heavy atom. The lowest BCUT2D eigenvalue weighted by Crippen LogP contribution is -2.40. The fraction of sp³-hybridized carbons (Fsp3) is 0.207. The second-order valence-electron chi connectivity index (χ2n) is 8.94. The highest BCUT2D eigenvalue weighted by atomic mass is 35.5. The van der Waals surface area contributed by atoms with Crippen LogP contribution in [0.25, 0.3) is 16.9 Å². The van der Waals surface area contributed by atoms with E-state index in [-0.39, 0.29) is 24.4 Å². The van der Waals surface area contributed by atoms with E-state index in [4.69, 9.17) is 26.1 Å². The molecule has 0 spiro atoms. The van der Waals surface area contributed by atoms with Gasteiger partial charge in [0.05, 0.1) is 30.5 Å². The number of anilines is 1. The number of nitrogens with zero attached hydrogens (tertiary/aromatic N) is 3. The molecule has 0 unspecified atom stereocenters. The number of carbonyl (C=O) groups excluding carboxylic acids is 2. The first-order valence-corrected chi connectivity index (χ1v) is 12.6. The molecular weight excluding hydrogens is 504 g/mol. The maximum Gasteiger partial charge on any atom is 0.256 e. The summed E-state index contributed by atoms with van der Waals surface area (Å²) in [5, 5.41) is 3.28. The second kappa shape index (κ2) is 11.0. The highest BCUT2D eigenvalue weighted by molar-refractivity contribution is 6.33. The number of rotatable bonds is 9. The standard InChI is InChI=1S/C29H27ClN4O4/c1-37-22-13-7-19(8-14-22)26-17-34(21-11-15-23(38-2)16-12-21)29(31-26)32-27(35)18-33(20-9-10-20)28(36)24-5-3-4-6-25(24)30/h3-8,11-17,20H,9-10,18H2,1-2H3,(H,31,32,35). The second-order valence-corrected chi connectivity index (χ2v) is 9.35. The molecule has 1 heterocycles. The van der Waals surface area contributed by atoms with Crippen LogP contribution in [0, 0.1) is 0 Å². The minimum atomic E-state index is -0.348. The molecule has 0 aliphatic heterocycles. The highest BCUT2D eigenvalue weighted by Gasteiger charge is 2.35. The van der Waals surface area contributed by atoms with Crippen molar-refractivity contribution in [3.63, 3.8) is 0 Å². The van der Waals surface area contributed by atoms with Gasteiger partial charge in [0.15, 0.2) is 0 Å². The minimum absolute atomic E-state index is 0.0146. The molecule has 1 aromatic heterocycles. The third-order valence-electron chi connectivity index (χ3n) is 6.36. The Kier molecular flexibility index (Phi) is 7.33. The number of carbonyl (C=O) groups is 2. The number of imidazole rings is 1. The maximum atomic E-state index is 13.3. The highest BCUT2D eigenvalue weighted by Crippen LogP contribution is 2.30. The summed E-state index contributed by atoms with van der Waals surface area (Å²) in [4.78, 5) is 32.8. The van der Waals surface area contributed by atoms with Gasteiger partial charge in [-0.15, -0.1) is 0 Å². The molecule has 2 amide bonds. The van der Waals surface area contributed by atoms with Gasteiger partial charge in [-0.2, -0.15) is 0 Å². The SMILES string of the molecule is COc1ccc(-c2cn(-c3ccc(OC)cc3)c(NC(=O)CN(C(=O)c3ccccc3Cl)C3CC3)n2)cc1. The molecule has 8 nitrogen and oxygen atoms in total. The van der Waals surface area contributed by atoms with E-state index >= 15 is 0 Å². The molecule has 1 N–H and O–H groups in total. The number of hydrogen-bond donors (Lipinski definition) is 1. The van der Waals surface area contributed by atoms with Crippen molar-refractivity contribution in [2.75, 3.05) is 26.1 Å². The number of halogens is 1. The summed E-state index contributed by atoms with van der Waals surface area (Å²) >= 11 is 6.27. The van der Waals surface area contributed by atoms with Gasteiger partial charge >= 0.3 is 0 Å². The summed E-state index contributed by atoms with van der Waals surface area (Å²) in [5.74, 6) is 1.18. The lowest BCUT2D eigenvalue weighted by Gasteiger charge is -2.22. The number of nitrogens with one attached hydrogen (secondary N) is 1. The minimum Gasteiger partial charge on any atom is -0.497 e. The van der Waals surface area contributed by atoms with E-state index in [1.54, 1.807) is 48.0 Å². The topological polar surface area (TPSA) is 85.7 Å². The van der Waals surface area contributed by atoms with Crippen LogP contribution in [0.1, 0.15) is 23.2 Å². The average molecular weight is 531 g/mol. The molecular formula is C29H27ClN4O4. The Labute approximate surface area is 225 Å². The predicted molar refractivity (Wildman–Crippen MR) is 146 cm³/mol. The monoisotopic (exact) mass is 530 g/mol. The summed E-state index contributed by atoms with van der Waals surface area (Å²) < 4.78 is 12.3. The van der Waals surface area contributed by atoms with Gasteiger partial charge in [0, 0.05) is 23.5 Å². The van der Waals surface area contributed by atoms with Crippen molar-refractivity contribution in [2.45, 2.75) is 18.9 Å². The Bertz CT molecular complexity index is 1450. The normalized spacial score (nSPS) is 12.6. The van der Waals surface area contributed by atoms with Crippen molar-refractivity contribution in [1.82, 2.24) is 14.5 Å². The van der Waals surface area contributed by atoms with Gasteiger partial charge in [-0.25, -0.2) is 4.98 Å². The lowest BCUT2D eigenvalue weighted by atomic mass is 10.1. The number of ether oxygens (including phenoxy) is 2. The molecule has 3 aromatic carbocycles. The molecule has 4 aromatic rings. The van der Waals surface area contributed by atoms with Crippen molar-refractivity contribution in [3.05, 3.63) is 89.6 Å². The number of methoxy groups -OCH3 is 2. The number of benzene rings is 3. The van der Waals surface area contributed by atoms with E-state index in [1.807, 2.05) is 54.7 Å². The first-order valence-electron chi connectivity index (χ1n) is 12.2. The van der Waals surface area contributed by atoms with Crippen LogP contribution in [0.3, 0.4) is 0 Å². The third kappa shape index (κ3) is 5.50. The average Bonchev–Trinajstić information content (AvgIpc) is 3.71. The van der Waals surface area contributed by atoms with E-state index in [2.05, 4.69) is 5.32 Å². The molecule has 1 aliphatic rings. The van der Waals surface area contributed by atoms with Crippen LogP contribution in [0.15, 0.2) is 79.0 Å². The van der Waals surface area contributed by atoms with E-state index in [0.717, 1.165) is 29.8 Å². The van der Waals surface area contributed by atoms with Crippen LogP contribution in [-0.4, -0.2) is 53.1 Å². The smallest absolute Gasteiger partial charge is 0.256 e. The maximum absolute atomic E-state index is 13.3. The van der Waals surface area contributed by atoms with Crippen molar-refractivity contribution in [1.29, 1.82) is 0 Å². The lowest BCUT2D eigenvalue weighted by molar-refractivity contribution is -0.117. The molecule has 194 valence electrons. The summed E-state index contributed by atoms with van der Waals surface area (Å²) in [6.45, 7) is -0.109. The van der Waals surface area contributed by atoms with Gasteiger partial charge in [-0.05, 0) is 73.5 Å². The predicted octanol–water partition coefficient (Wildman–Crippen LogP) is 5.45. The van der Waals surface area contributed by atoms with E-state index in [0.29, 0.717) is 28.0 Å². The van der Waals surface area contributed by atoms with Crippen molar-refractivity contribution in [3.8, 4) is 28.4 Å². The molecule has 0 bridgehead atoms. The van der Waals surface area contributed by atoms with Gasteiger partial charge < -0.3 is 14.4 Å². The molecule has 1 fully saturated rings. The zero-order valence-electron chi connectivity index (χ0n) is 21.1. The molecule has 5 rings (SSSR count). The van der Waals surface area contributed by atoms with Gasteiger partial charge in [0.1, 0.15) is 18.0 Å². The fourth-order valence-electron chi connectivity index (χ4n) is 4.17. The number of amides is 2. The summed E-state index contributed by atoms with van der Waals surface area (Å²) in [6, 6.07) is 21.9. The Hall–Kier alpha value is -4.30. The quantitative estimate of drug-likeness (QED) is 0.311. The number of hydrogen-bond acceptors (Lipinski definition) is 5. The van der Waals surface area contributed by atoms with Gasteiger partial charge in [0.2, 0.25) is 11.9 Å². The molecule has 0 atom stereocenters. The van der Waals surface area contributed by atoms with Crippen molar-refractivity contribution >= 4 is 29.4 Å². The fourth-order valence-corrected chi connectivity index (χ4v) is 4.39. The molecule has 9 heteroatoms. The summed E-state index contributed by atoms with van der Waals surface area (Å²) in [5.41, 5.74) is 2.71. The van der Waals surface area contributed by atoms with Crippen LogP contribution in [0.5, 0.6) is 11.5 Å². The van der Waals surface area contributed by atoms with Crippen LogP contribution in [-0.2, 0) is 4.79 Å². The Morgan fingerprint density at radius 2 is 1.61 bits per heavy atom. The van der Waals surface area contributed by atoms with Crippen LogP contribution < -0.4 is 14.8 Å². The van der Waals surface area contributed by atoms with Gasteiger partial charge in [-0.1, -0.05) is 23.7 Å². The Balaban J connectivity index is 1.42.